The fourth-order valence-electron chi connectivity index (χ4n) is 3.71. The number of methoxy groups -OCH3 is 1. The third-order valence-corrected chi connectivity index (χ3v) is 6.02. The molecule has 1 amide bonds. The first kappa shape index (κ1) is 17.5. The molecule has 1 aromatic rings. The van der Waals surface area contributed by atoms with Crippen molar-refractivity contribution >= 4 is 17.7 Å². The Morgan fingerprint density at radius 3 is 2.79 bits per heavy atom. The van der Waals surface area contributed by atoms with E-state index in [1.54, 1.807) is 7.11 Å². The van der Waals surface area contributed by atoms with Crippen LogP contribution in [0.2, 0.25) is 0 Å². The van der Waals surface area contributed by atoms with E-state index in [1.807, 2.05) is 24.9 Å². The van der Waals surface area contributed by atoms with Crippen LogP contribution in [0, 0.1) is 13.8 Å². The number of hydrogen-bond acceptors (Lipinski definition) is 5. The first-order valence-electron chi connectivity index (χ1n) is 8.71. The van der Waals surface area contributed by atoms with Crippen LogP contribution in [0.25, 0.3) is 0 Å². The number of likely N-dealkylation sites (tertiary alicyclic amines) is 1. The minimum absolute atomic E-state index is 0.0154. The molecule has 6 heteroatoms. The summed E-state index contributed by atoms with van der Waals surface area (Å²) in [5.74, 6) is 3.35. The molecule has 1 aromatic heterocycles. The molecule has 132 valence electrons. The number of nitrogens with zero attached hydrogens (tertiary/aromatic N) is 3. The maximum atomic E-state index is 12.9. The van der Waals surface area contributed by atoms with Gasteiger partial charge in [0.1, 0.15) is 5.75 Å². The molecule has 0 radical (unpaired) electrons. The normalized spacial score (nSPS) is 22.0. The molecule has 2 saturated heterocycles. The Bertz CT molecular complexity index is 602. The van der Waals surface area contributed by atoms with E-state index in [0.717, 1.165) is 73.1 Å². The predicted octanol–water partition coefficient (Wildman–Crippen LogP) is 2.25. The van der Waals surface area contributed by atoms with Crippen LogP contribution in [-0.4, -0.2) is 65.0 Å². The Morgan fingerprint density at radius 1 is 1.33 bits per heavy atom. The van der Waals surface area contributed by atoms with E-state index in [1.165, 1.54) is 0 Å². The van der Waals surface area contributed by atoms with Gasteiger partial charge in [-0.2, -0.15) is 11.8 Å². The largest absolute Gasteiger partial charge is 0.496 e. The zero-order chi connectivity index (χ0) is 17.1. The van der Waals surface area contributed by atoms with E-state index in [-0.39, 0.29) is 6.04 Å². The van der Waals surface area contributed by atoms with Gasteiger partial charge in [-0.3, -0.25) is 14.7 Å². The van der Waals surface area contributed by atoms with Gasteiger partial charge in [-0.1, -0.05) is 0 Å². The van der Waals surface area contributed by atoms with E-state index in [2.05, 4.69) is 21.7 Å². The first-order chi connectivity index (χ1) is 11.6. The lowest BCUT2D eigenvalue weighted by Crippen LogP contribution is -2.48. The Hall–Kier alpha value is -1.27. The van der Waals surface area contributed by atoms with Gasteiger partial charge in [-0.25, -0.2) is 0 Å². The summed E-state index contributed by atoms with van der Waals surface area (Å²) in [5, 5.41) is 0. The third-order valence-electron chi connectivity index (χ3n) is 5.07. The average Bonchev–Trinajstić information content (AvgIpc) is 3.06. The van der Waals surface area contributed by atoms with Crippen LogP contribution in [0.1, 0.15) is 29.7 Å². The van der Waals surface area contributed by atoms with Crippen molar-refractivity contribution in [3.63, 3.8) is 0 Å². The maximum Gasteiger partial charge on any atom is 0.239 e. The van der Waals surface area contributed by atoms with E-state index < -0.39 is 0 Å². The van der Waals surface area contributed by atoms with Crippen LogP contribution < -0.4 is 4.74 Å². The predicted molar refractivity (Wildman–Crippen MR) is 97.6 cm³/mol. The molecule has 2 fully saturated rings. The van der Waals surface area contributed by atoms with Gasteiger partial charge in [0, 0.05) is 48.5 Å². The summed E-state index contributed by atoms with van der Waals surface area (Å²) in [6.07, 6.45) is 3.92. The molecule has 3 heterocycles. The Kier molecular flexibility index (Phi) is 5.66. The zero-order valence-electron chi connectivity index (χ0n) is 14.9. The van der Waals surface area contributed by atoms with Gasteiger partial charge in [0.05, 0.1) is 18.8 Å². The second kappa shape index (κ2) is 7.74. The van der Waals surface area contributed by atoms with Crippen molar-refractivity contribution in [2.24, 2.45) is 0 Å². The number of rotatable bonds is 4. The molecular formula is C18H27N3O2S. The quantitative estimate of drug-likeness (QED) is 0.834. The first-order valence-corrected chi connectivity index (χ1v) is 9.87. The lowest BCUT2D eigenvalue weighted by Gasteiger charge is -2.32. The van der Waals surface area contributed by atoms with Gasteiger partial charge in [-0.05, 0) is 33.2 Å². The third kappa shape index (κ3) is 3.54. The maximum absolute atomic E-state index is 12.9. The summed E-state index contributed by atoms with van der Waals surface area (Å²) < 4.78 is 5.51. The SMILES string of the molecule is COc1c(C)cnc(CN2CCC[C@H]2C(=O)N2CCSCC2)c1C. The Morgan fingerprint density at radius 2 is 2.08 bits per heavy atom. The number of pyridine rings is 1. The molecule has 0 aliphatic carbocycles. The average molecular weight is 350 g/mol. The molecule has 5 nitrogen and oxygen atoms in total. The van der Waals surface area contributed by atoms with Gasteiger partial charge in [0.2, 0.25) is 5.91 Å². The smallest absolute Gasteiger partial charge is 0.239 e. The lowest BCUT2D eigenvalue weighted by atomic mass is 10.1. The van der Waals surface area contributed by atoms with Crippen molar-refractivity contribution in [1.82, 2.24) is 14.8 Å². The highest BCUT2D eigenvalue weighted by molar-refractivity contribution is 7.99. The summed E-state index contributed by atoms with van der Waals surface area (Å²) in [6, 6.07) is 0.0154. The van der Waals surface area contributed by atoms with Gasteiger partial charge in [0.15, 0.2) is 0 Å². The summed E-state index contributed by atoms with van der Waals surface area (Å²) in [4.78, 5) is 21.9. The van der Waals surface area contributed by atoms with Crippen molar-refractivity contribution in [2.45, 2.75) is 39.3 Å². The number of ether oxygens (including phenoxy) is 1. The molecule has 0 bridgehead atoms. The monoisotopic (exact) mass is 349 g/mol. The summed E-state index contributed by atoms with van der Waals surface area (Å²) >= 11 is 1.94. The molecule has 2 aliphatic rings. The number of aryl methyl sites for hydroxylation is 1. The number of carbonyl (C=O) groups excluding carboxylic acids is 1. The van der Waals surface area contributed by atoms with Crippen molar-refractivity contribution in [2.75, 3.05) is 38.2 Å². The molecule has 0 N–H and O–H groups in total. The fourth-order valence-corrected chi connectivity index (χ4v) is 4.62. The molecular weight excluding hydrogens is 322 g/mol. The van der Waals surface area contributed by atoms with E-state index in [4.69, 9.17) is 4.74 Å². The summed E-state index contributed by atoms with van der Waals surface area (Å²) in [5.41, 5.74) is 3.16. The van der Waals surface area contributed by atoms with Gasteiger partial charge < -0.3 is 9.64 Å². The van der Waals surface area contributed by atoms with Crippen molar-refractivity contribution < 1.29 is 9.53 Å². The second-order valence-corrected chi connectivity index (χ2v) is 7.84. The van der Waals surface area contributed by atoms with Gasteiger partial charge in [0.25, 0.3) is 0 Å². The molecule has 1 atom stereocenters. The number of amides is 1. The van der Waals surface area contributed by atoms with Gasteiger partial charge in [-0.15, -0.1) is 0 Å². The van der Waals surface area contributed by atoms with Crippen LogP contribution in [0.4, 0.5) is 0 Å². The highest BCUT2D eigenvalue weighted by Crippen LogP contribution is 2.28. The molecule has 0 spiro atoms. The zero-order valence-corrected chi connectivity index (χ0v) is 15.7. The standard InChI is InChI=1S/C18H27N3O2S/c1-13-11-19-15(14(2)17(13)23-3)12-21-6-4-5-16(21)18(22)20-7-9-24-10-8-20/h11,16H,4-10,12H2,1-3H3/t16-/m0/s1. The molecule has 24 heavy (non-hydrogen) atoms. The van der Waals surface area contributed by atoms with Crippen LogP contribution in [0.15, 0.2) is 6.20 Å². The Balaban J connectivity index is 1.73. The molecule has 2 aliphatic heterocycles. The molecule has 0 aromatic carbocycles. The molecule has 3 rings (SSSR count). The number of thioether (sulfide) groups is 1. The summed E-state index contributed by atoms with van der Waals surface area (Å²) in [7, 11) is 1.70. The van der Waals surface area contributed by atoms with Crippen LogP contribution >= 0.6 is 11.8 Å². The molecule has 0 unspecified atom stereocenters. The number of carbonyl (C=O) groups is 1. The van der Waals surface area contributed by atoms with Crippen LogP contribution in [-0.2, 0) is 11.3 Å². The highest BCUT2D eigenvalue weighted by Gasteiger charge is 2.34. The second-order valence-electron chi connectivity index (χ2n) is 6.61. The van der Waals surface area contributed by atoms with E-state index in [9.17, 15) is 4.79 Å². The van der Waals surface area contributed by atoms with Crippen molar-refractivity contribution in [1.29, 1.82) is 0 Å². The van der Waals surface area contributed by atoms with Crippen molar-refractivity contribution in [3.05, 3.63) is 23.0 Å². The minimum atomic E-state index is 0.0154. The number of aromatic nitrogens is 1. The van der Waals surface area contributed by atoms with Gasteiger partial charge >= 0.3 is 0 Å². The van der Waals surface area contributed by atoms with E-state index in [0.29, 0.717) is 5.91 Å². The summed E-state index contributed by atoms with van der Waals surface area (Å²) in [6.45, 7) is 7.55. The number of hydrogen-bond donors (Lipinski definition) is 0. The van der Waals surface area contributed by atoms with Crippen LogP contribution in [0.3, 0.4) is 0 Å². The minimum Gasteiger partial charge on any atom is -0.496 e. The van der Waals surface area contributed by atoms with Crippen LogP contribution in [0.5, 0.6) is 5.75 Å². The fraction of sp³-hybridized carbons (Fsp3) is 0.667. The lowest BCUT2D eigenvalue weighted by molar-refractivity contribution is -0.135. The van der Waals surface area contributed by atoms with E-state index >= 15 is 0 Å². The highest BCUT2D eigenvalue weighted by atomic mass is 32.2. The molecule has 0 saturated carbocycles. The topological polar surface area (TPSA) is 45.7 Å². The Labute approximate surface area is 148 Å². The van der Waals surface area contributed by atoms with Crippen molar-refractivity contribution in [3.8, 4) is 5.75 Å².